The zero-order valence-electron chi connectivity index (χ0n) is 7.29. The summed E-state index contributed by atoms with van der Waals surface area (Å²) >= 11 is 1.53. The number of ether oxygens (including phenoxy) is 1. The summed E-state index contributed by atoms with van der Waals surface area (Å²) in [6, 6.07) is 0. The molecular weight excluding hydrogens is 346 g/mol. The number of alkyl halides is 3. The lowest BCUT2D eigenvalue weighted by molar-refractivity contribution is -0.385. The van der Waals surface area contributed by atoms with Gasteiger partial charge in [0.2, 0.25) is 0 Å². The summed E-state index contributed by atoms with van der Waals surface area (Å²) in [4.78, 5) is 12.8. The summed E-state index contributed by atoms with van der Waals surface area (Å²) in [5.41, 5.74) is 3.75. The van der Waals surface area contributed by atoms with E-state index < -0.39 is 28.5 Å². The second-order valence-corrected chi connectivity index (χ2v) is 3.64. The van der Waals surface area contributed by atoms with Crippen LogP contribution in [0.3, 0.4) is 0 Å². The number of nitrogens with two attached hydrogens (primary N) is 1. The van der Waals surface area contributed by atoms with Gasteiger partial charge in [-0.3, -0.25) is 10.1 Å². The van der Waals surface area contributed by atoms with Crippen molar-refractivity contribution in [2.24, 2.45) is 0 Å². The maximum Gasteiger partial charge on any atom is 0.574 e. The summed E-state index contributed by atoms with van der Waals surface area (Å²) in [5.74, 6) is -1.03. The zero-order chi connectivity index (χ0) is 12.5. The minimum atomic E-state index is -5.00. The monoisotopic (exact) mass is 349 g/mol. The minimum Gasteiger partial charge on any atom is -0.389 e. The number of halogens is 4. The lowest BCUT2D eigenvalue weighted by Crippen LogP contribution is -2.19. The molecule has 1 rings (SSSR count). The average molecular weight is 349 g/mol. The fourth-order valence-corrected chi connectivity index (χ4v) is 1.48. The van der Waals surface area contributed by atoms with E-state index in [2.05, 4.69) is 9.72 Å². The van der Waals surface area contributed by atoms with Gasteiger partial charge in [0.1, 0.15) is 3.57 Å². The van der Waals surface area contributed by atoms with Crippen LogP contribution in [0.15, 0.2) is 6.20 Å². The normalized spacial score (nSPS) is 11.2. The Morgan fingerprint density at radius 1 is 1.56 bits per heavy atom. The van der Waals surface area contributed by atoms with Crippen molar-refractivity contribution in [1.29, 1.82) is 0 Å². The molecule has 0 unspecified atom stereocenters. The highest BCUT2D eigenvalue weighted by molar-refractivity contribution is 14.1. The van der Waals surface area contributed by atoms with Crippen molar-refractivity contribution >= 4 is 34.0 Å². The summed E-state index contributed by atoms with van der Waals surface area (Å²) in [6.45, 7) is 0. The number of pyridine rings is 1. The molecule has 0 radical (unpaired) electrons. The maximum absolute atomic E-state index is 11.9. The van der Waals surface area contributed by atoms with Crippen LogP contribution >= 0.6 is 22.6 Å². The zero-order valence-corrected chi connectivity index (χ0v) is 9.44. The lowest BCUT2D eigenvalue weighted by Gasteiger charge is -2.10. The van der Waals surface area contributed by atoms with Gasteiger partial charge in [-0.2, -0.15) is 0 Å². The number of aromatic nitrogens is 1. The summed E-state index contributed by atoms with van der Waals surface area (Å²) < 4.78 is 39.1. The lowest BCUT2D eigenvalue weighted by atomic mass is 10.3. The molecule has 1 aromatic rings. The van der Waals surface area contributed by atoms with Crippen molar-refractivity contribution in [2.45, 2.75) is 6.36 Å². The van der Waals surface area contributed by atoms with Gasteiger partial charge in [-0.25, -0.2) is 4.98 Å². The Hall–Kier alpha value is -1.33. The molecule has 16 heavy (non-hydrogen) atoms. The maximum atomic E-state index is 11.9. The Morgan fingerprint density at radius 2 is 2.12 bits per heavy atom. The van der Waals surface area contributed by atoms with E-state index in [9.17, 15) is 23.3 Å². The molecule has 0 aliphatic carbocycles. The molecule has 0 aliphatic heterocycles. The number of rotatable bonds is 2. The molecule has 88 valence electrons. The molecule has 0 atom stereocenters. The van der Waals surface area contributed by atoms with Crippen molar-refractivity contribution in [3.05, 3.63) is 19.9 Å². The average Bonchev–Trinajstić information content (AvgIpc) is 2.07. The minimum absolute atomic E-state index is 0.0228. The van der Waals surface area contributed by atoms with Crippen LogP contribution in [0.25, 0.3) is 0 Å². The third-order valence-electron chi connectivity index (χ3n) is 1.40. The standard InChI is InChI=1S/C6H3F3IN3O3/c7-6(8,9)16-5-3(11)4(13(14)15)2(10)1-12-5/h1H,11H2. The number of nitrogens with zero attached hydrogens (tertiary/aromatic N) is 2. The van der Waals surface area contributed by atoms with E-state index in [0.29, 0.717) is 0 Å². The second kappa shape index (κ2) is 4.27. The third-order valence-corrected chi connectivity index (χ3v) is 2.19. The highest BCUT2D eigenvalue weighted by atomic mass is 127. The van der Waals surface area contributed by atoms with Gasteiger partial charge in [0, 0.05) is 0 Å². The van der Waals surface area contributed by atoms with E-state index in [1.165, 1.54) is 22.6 Å². The predicted octanol–water partition coefficient (Wildman–Crippen LogP) is 2.08. The molecule has 0 aromatic carbocycles. The quantitative estimate of drug-likeness (QED) is 0.502. The number of hydrogen-bond donors (Lipinski definition) is 1. The first kappa shape index (κ1) is 12.7. The van der Waals surface area contributed by atoms with E-state index in [4.69, 9.17) is 5.73 Å². The molecule has 0 spiro atoms. The van der Waals surface area contributed by atoms with Crippen molar-refractivity contribution in [3.63, 3.8) is 0 Å². The van der Waals surface area contributed by atoms with Gasteiger partial charge in [-0.1, -0.05) is 0 Å². The van der Waals surface area contributed by atoms with Gasteiger partial charge in [0.15, 0.2) is 5.69 Å². The molecule has 1 aromatic heterocycles. The predicted molar refractivity (Wildman–Crippen MR) is 54.7 cm³/mol. The van der Waals surface area contributed by atoms with Crippen LogP contribution < -0.4 is 10.5 Å². The first-order chi connectivity index (χ1) is 7.22. The van der Waals surface area contributed by atoms with Crippen molar-refractivity contribution in [3.8, 4) is 5.88 Å². The molecule has 0 saturated heterocycles. The molecular formula is C6H3F3IN3O3. The molecule has 1 heterocycles. The van der Waals surface area contributed by atoms with Crippen LogP contribution in [0, 0.1) is 13.7 Å². The number of nitrogen functional groups attached to an aromatic ring is 1. The second-order valence-electron chi connectivity index (χ2n) is 2.48. The highest BCUT2D eigenvalue weighted by Crippen LogP contribution is 2.35. The van der Waals surface area contributed by atoms with Crippen LogP contribution in [0.1, 0.15) is 0 Å². The first-order valence-corrected chi connectivity index (χ1v) is 4.64. The van der Waals surface area contributed by atoms with Crippen LogP contribution in [-0.2, 0) is 0 Å². The van der Waals surface area contributed by atoms with Crippen LogP contribution in [-0.4, -0.2) is 16.3 Å². The fourth-order valence-electron chi connectivity index (χ4n) is 0.852. The molecule has 0 saturated carbocycles. The number of anilines is 1. The Labute approximate surface area is 99.9 Å². The SMILES string of the molecule is Nc1c(OC(F)(F)F)ncc(I)c1[N+](=O)[O-]. The summed E-state index contributed by atoms with van der Waals surface area (Å²) in [5, 5.41) is 10.5. The first-order valence-electron chi connectivity index (χ1n) is 3.56. The van der Waals surface area contributed by atoms with E-state index in [1.807, 2.05) is 0 Å². The molecule has 0 aliphatic rings. The van der Waals surface area contributed by atoms with E-state index >= 15 is 0 Å². The van der Waals surface area contributed by atoms with Gasteiger partial charge in [0.05, 0.1) is 11.1 Å². The van der Waals surface area contributed by atoms with Crippen LogP contribution in [0.2, 0.25) is 0 Å². The molecule has 10 heteroatoms. The van der Waals surface area contributed by atoms with E-state index in [1.54, 1.807) is 0 Å². The largest absolute Gasteiger partial charge is 0.574 e. The van der Waals surface area contributed by atoms with Crippen molar-refractivity contribution < 1.29 is 22.8 Å². The Balaban J connectivity index is 3.24. The smallest absolute Gasteiger partial charge is 0.389 e. The molecule has 0 fully saturated rings. The number of nitro groups is 1. The topological polar surface area (TPSA) is 91.3 Å². The van der Waals surface area contributed by atoms with E-state index in [0.717, 1.165) is 6.20 Å². The molecule has 0 bridgehead atoms. The highest BCUT2D eigenvalue weighted by Gasteiger charge is 2.34. The Morgan fingerprint density at radius 3 is 2.56 bits per heavy atom. The van der Waals surface area contributed by atoms with Crippen LogP contribution in [0.4, 0.5) is 24.5 Å². The number of hydrogen-bond acceptors (Lipinski definition) is 5. The van der Waals surface area contributed by atoms with Gasteiger partial charge in [-0.15, -0.1) is 13.2 Å². The third kappa shape index (κ3) is 2.84. The van der Waals surface area contributed by atoms with Crippen LogP contribution in [0.5, 0.6) is 5.88 Å². The van der Waals surface area contributed by atoms with Gasteiger partial charge < -0.3 is 10.5 Å². The molecule has 2 N–H and O–H groups in total. The molecule has 6 nitrogen and oxygen atoms in total. The van der Waals surface area contributed by atoms with Crippen molar-refractivity contribution in [1.82, 2.24) is 4.98 Å². The van der Waals surface area contributed by atoms with E-state index in [-0.39, 0.29) is 3.57 Å². The van der Waals surface area contributed by atoms with Gasteiger partial charge in [-0.05, 0) is 22.6 Å². The summed E-state index contributed by atoms with van der Waals surface area (Å²) in [7, 11) is 0. The van der Waals surface area contributed by atoms with Crippen molar-refractivity contribution in [2.75, 3.05) is 5.73 Å². The molecule has 0 amide bonds. The van der Waals surface area contributed by atoms with Gasteiger partial charge in [0.25, 0.3) is 5.88 Å². The fraction of sp³-hybridized carbons (Fsp3) is 0.167. The summed E-state index contributed by atoms with van der Waals surface area (Å²) in [6.07, 6.45) is -4.13. The Kier molecular flexibility index (Phi) is 3.40. The van der Waals surface area contributed by atoms with Gasteiger partial charge >= 0.3 is 12.0 Å². The Bertz CT molecular complexity index is 437.